The molecule has 8 nitrogen and oxygen atoms in total. The van der Waals surface area contributed by atoms with Gasteiger partial charge in [-0.15, -0.1) is 0 Å². The molecule has 1 aromatic rings. The summed E-state index contributed by atoms with van der Waals surface area (Å²) in [6, 6.07) is 0. The smallest absolute Gasteiger partial charge is 0.340 e. The maximum atomic E-state index is 12.3. The summed E-state index contributed by atoms with van der Waals surface area (Å²) in [6.45, 7) is 3.29. The minimum absolute atomic E-state index is 0.123. The number of rotatable bonds is 6. The zero-order chi connectivity index (χ0) is 15.0. The van der Waals surface area contributed by atoms with E-state index in [1.807, 2.05) is 6.92 Å². The van der Waals surface area contributed by atoms with Crippen molar-refractivity contribution in [2.75, 3.05) is 13.2 Å². The van der Waals surface area contributed by atoms with Crippen LogP contribution in [0.1, 0.15) is 13.3 Å². The predicted octanol–water partition coefficient (Wildman–Crippen LogP) is -1.15. The summed E-state index contributed by atoms with van der Waals surface area (Å²) in [5.74, 6) is 0. The summed E-state index contributed by atoms with van der Waals surface area (Å²) in [5.41, 5.74) is -1.85. The molecule has 2 atom stereocenters. The van der Waals surface area contributed by atoms with Gasteiger partial charge in [0.05, 0.1) is 38.5 Å². The molecule has 0 N–H and O–H groups in total. The number of ether oxygens (including phenoxy) is 2. The van der Waals surface area contributed by atoms with Crippen molar-refractivity contribution in [2.24, 2.45) is 0 Å². The van der Waals surface area contributed by atoms with E-state index in [-0.39, 0.29) is 25.3 Å². The van der Waals surface area contributed by atoms with Gasteiger partial charge in [0.2, 0.25) is 0 Å². The molecule has 0 bridgehead atoms. The third kappa shape index (κ3) is 2.91. The SMILES string of the molecule is CCC=Cn1c(=O)n(CC2CO2)c(=O)n(CC2CO2)c1=O. The van der Waals surface area contributed by atoms with Crippen molar-refractivity contribution in [1.82, 2.24) is 13.7 Å². The first kappa shape index (κ1) is 14.0. The number of epoxide rings is 2. The lowest BCUT2D eigenvalue weighted by atomic mass is 10.4. The van der Waals surface area contributed by atoms with Crippen LogP contribution in [0.3, 0.4) is 0 Å². The Morgan fingerprint density at radius 2 is 1.48 bits per heavy atom. The largest absolute Gasteiger partial charge is 0.371 e. The molecule has 0 saturated carbocycles. The van der Waals surface area contributed by atoms with Crippen molar-refractivity contribution in [3.63, 3.8) is 0 Å². The summed E-state index contributed by atoms with van der Waals surface area (Å²) in [4.78, 5) is 37.0. The van der Waals surface area contributed by atoms with Crippen LogP contribution in [0.25, 0.3) is 6.20 Å². The highest BCUT2D eigenvalue weighted by Crippen LogP contribution is 2.10. The minimum atomic E-state index is -0.627. The molecular formula is C13H17N3O5. The zero-order valence-electron chi connectivity index (χ0n) is 11.7. The van der Waals surface area contributed by atoms with Gasteiger partial charge in [-0.1, -0.05) is 13.0 Å². The number of allylic oxidation sites excluding steroid dienone is 1. The Balaban J connectivity index is 2.13. The fourth-order valence-corrected chi connectivity index (χ4v) is 2.06. The van der Waals surface area contributed by atoms with Crippen molar-refractivity contribution in [3.05, 3.63) is 37.5 Å². The third-order valence-electron chi connectivity index (χ3n) is 3.40. The van der Waals surface area contributed by atoms with E-state index in [4.69, 9.17) is 9.47 Å². The monoisotopic (exact) mass is 295 g/mol. The van der Waals surface area contributed by atoms with E-state index in [9.17, 15) is 14.4 Å². The Labute approximate surface area is 119 Å². The maximum absolute atomic E-state index is 12.3. The molecule has 21 heavy (non-hydrogen) atoms. The molecule has 2 aliphatic heterocycles. The second-order valence-electron chi connectivity index (χ2n) is 5.14. The average Bonchev–Trinajstić information content (AvgIpc) is 3.35. The summed E-state index contributed by atoms with van der Waals surface area (Å²) < 4.78 is 13.2. The Morgan fingerprint density at radius 3 is 1.86 bits per heavy atom. The lowest BCUT2D eigenvalue weighted by molar-refractivity contribution is 0.349. The molecule has 0 radical (unpaired) electrons. The maximum Gasteiger partial charge on any atom is 0.340 e. The van der Waals surface area contributed by atoms with Crippen LogP contribution in [-0.4, -0.2) is 39.1 Å². The highest BCUT2D eigenvalue weighted by Gasteiger charge is 2.29. The van der Waals surface area contributed by atoms with E-state index in [0.29, 0.717) is 19.6 Å². The van der Waals surface area contributed by atoms with Crippen LogP contribution in [0.15, 0.2) is 20.5 Å². The van der Waals surface area contributed by atoms with Gasteiger partial charge in [0.25, 0.3) is 0 Å². The number of nitrogens with zero attached hydrogens (tertiary/aromatic N) is 3. The normalized spacial score (nSPS) is 23.7. The number of hydrogen-bond donors (Lipinski definition) is 0. The fourth-order valence-electron chi connectivity index (χ4n) is 2.06. The quantitative estimate of drug-likeness (QED) is 0.618. The van der Waals surface area contributed by atoms with Crippen LogP contribution in [0.5, 0.6) is 0 Å². The van der Waals surface area contributed by atoms with Gasteiger partial charge >= 0.3 is 17.1 Å². The van der Waals surface area contributed by atoms with Crippen molar-refractivity contribution in [2.45, 2.75) is 38.6 Å². The Bertz CT molecular complexity index is 681. The molecule has 0 amide bonds. The van der Waals surface area contributed by atoms with E-state index >= 15 is 0 Å². The van der Waals surface area contributed by atoms with Gasteiger partial charge in [0.15, 0.2) is 0 Å². The fraction of sp³-hybridized carbons (Fsp3) is 0.615. The molecule has 114 valence electrons. The molecule has 2 aliphatic rings. The van der Waals surface area contributed by atoms with Crippen LogP contribution in [-0.2, 0) is 22.6 Å². The Hall–Kier alpha value is -1.93. The van der Waals surface area contributed by atoms with Gasteiger partial charge < -0.3 is 9.47 Å². The van der Waals surface area contributed by atoms with Crippen LogP contribution >= 0.6 is 0 Å². The van der Waals surface area contributed by atoms with Gasteiger partial charge in [-0.2, -0.15) is 0 Å². The van der Waals surface area contributed by atoms with Crippen LogP contribution in [0.4, 0.5) is 0 Å². The van der Waals surface area contributed by atoms with Gasteiger partial charge in [-0.05, 0) is 6.42 Å². The Morgan fingerprint density at radius 1 is 1.00 bits per heavy atom. The van der Waals surface area contributed by atoms with E-state index in [1.54, 1.807) is 6.08 Å². The molecule has 2 fully saturated rings. The summed E-state index contributed by atoms with van der Waals surface area (Å²) in [6.07, 6.45) is 3.55. The summed E-state index contributed by atoms with van der Waals surface area (Å²) in [7, 11) is 0. The molecule has 0 aromatic carbocycles. The van der Waals surface area contributed by atoms with Gasteiger partial charge in [-0.25, -0.2) is 28.1 Å². The average molecular weight is 295 g/mol. The van der Waals surface area contributed by atoms with E-state index < -0.39 is 17.1 Å². The molecule has 3 heterocycles. The van der Waals surface area contributed by atoms with Crippen LogP contribution in [0, 0.1) is 0 Å². The number of aromatic nitrogens is 3. The molecule has 2 saturated heterocycles. The van der Waals surface area contributed by atoms with Crippen LogP contribution in [0.2, 0.25) is 0 Å². The highest BCUT2D eigenvalue weighted by molar-refractivity contribution is 5.20. The van der Waals surface area contributed by atoms with Gasteiger partial charge in [-0.3, -0.25) is 0 Å². The molecule has 0 aliphatic carbocycles. The van der Waals surface area contributed by atoms with Crippen LogP contribution < -0.4 is 17.1 Å². The lowest BCUT2D eigenvalue weighted by Crippen LogP contribution is -2.54. The highest BCUT2D eigenvalue weighted by atomic mass is 16.6. The molecular weight excluding hydrogens is 278 g/mol. The first-order valence-electron chi connectivity index (χ1n) is 6.98. The molecule has 0 spiro atoms. The molecule has 8 heteroatoms. The molecule has 2 unspecified atom stereocenters. The number of hydrogen-bond acceptors (Lipinski definition) is 5. The second-order valence-corrected chi connectivity index (χ2v) is 5.14. The van der Waals surface area contributed by atoms with E-state index in [1.165, 1.54) is 6.20 Å². The summed E-state index contributed by atoms with van der Waals surface area (Å²) in [5, 5.41) is 0. The topological polar surface area (TPSA) is 91.1 Å². The minimum Gasteiger partial charge on any atom is -0.371 e. The van der Waals surface area contributed by atoms with E-state index in [0.717, 1.165) is 13.7 Å². The second kappa shape index (κ2) is 5.45. The van der Waals surface area contributed by atoms with Gasteiger partial charge in [0, 0.05) is 6.20 Å². The van der Waals surface area contributed by atoms with Crippen molar-refractivity contribution in [1.29, 1.82) is 0 Å². The Kier molecular flexibility index (Phi) is 3.64. The van der Waals surface area contributed by atoms with E-state index in [2.05, 4.69) is 0 Å². The molecule has 3 rings (SSSR count). The van der Waals surface area contributed by atoms with Crippen molar-refractivity contribution < 1.29 is 9.47 Å². The standard InChI is InChI=1S/C13H17N3O5/c1-2-3-4-14-11(17)15(5-9-7-20-9)13(19)16(12(14)18)6-10-8-21-10/h3-4,9-10H,2,5-8H2,1H3. The van der Waals surface area contributed by atoms with Gasteiger partial charge in [0.1, 0.15) is 0 Å². The first-order chi connectivity index (χ1) is 10.1. The predicted molar refractivity (Wildman–Crippen MR) is 74.3 cm³/mol. The van der Waals surface area contributed by atoms with Crippen molar-refractivity contribution in [3.8, 4) is 0 Å². The lowest BCUT2D eigenvalue weighted by Gasteiger charge is -2.10. The third-order valence-corrected chi connectivity index (χ3v) is 3.40. The molecule has 1 aromatic heterocycles. The first-order valence-corrected chi connectivity index (χ1v) is 6.98. The summed E-state index contributed by atoms with van der Waals surface area (Å²) >= 11 is 0. The zero-order valence-corrected chi connectivity index (χ0v) is 11.7. The van der Waals surface area contributed by atoms with Crippen molar-refractivity contribution >= 4 is 6.20 Å².